The van der Waals surface area contributed by atoms with Gasteiger partial charge in [-0.05, 0) is 36.2 Å². The number of carbonyl (C=O) groups is 1. The fourth-order valence-corrected chi connectivity index (χ4v) is 4.22. The summed E-state index contributed by atoms with van der Waals surface area (Å²) in [7, 11) is 0. The van der Waals surface area contributed by atoms with Crippen molar-refractivity contribution in [2.45, 2.75) is 31.0 Å². The lowest BCUT2D eigenvalue weighted by atomic mass is 10.1. The van der Waals surface area contributed by atoms with Crippen molar-refractivity contribution in [3.63, 3.8) is 0 Å². The molecule has 1 atom stereocenters. The number of hydrogen-bond donors (Lipinski definition) is 1. The number of amides is 1. The molecule has 9 heteroatoms. The zero-order valence-electron chi connectivity index (χ0n) is 17.4. The standard InChI is InChI=1S/C23H21N5O3S/c1-2-15-7-9-16(10-8-15)22-24-23(26-25-22)32-14-21(29)28-18(20-6-4-12-31-20)13-17(27-28)19-5-3-11-30-19/h3-12,18H,2,13-14H2,1H3,(H,24,25,26). The summed E-state index contributed by atoms with van der Waals surface area (Å²) in [6, 6.07) is 15.2. The molecule has 1 aliphatic rings. The molecule has 1 unspecified atom stereocenters. The maximum Gasteiger partial charge on any atom is 0.253 e. The number of aromatic nitrogens is 3. The third-order valence-corrected chi connectivity index (χ3v) is 6.10. The molecule has 0 saturated heterocycles. The monoisotopic (exact) mass is 447 g/mol. The summed E-state index contributed by atoms with van der Waals surface area (Å²) in [5, 5.41) is 13.7. The van der Waals surface area contributed by atoms with Crippen LogP contribution in [-0.4, -0.2) is 37.6 Å². The van der Waals surface area contributed by atoms with Gasteiger partial charge in [0.25, 0.3) is 5.91 Å². The molecule has 162 valence electrons. The summed E-state index contributed by atoms with van der Waals surface area (Å²) in [4.78, 5) is 17.6. The molecular weight excluding hydrogens is 426 g/mol. The van der Waals surface area contributed by atoms with Gasteiger partial charge in [-0.2, -0.15) is 5.10 Å². The van der Waals surface area contributed by atoms with Crippen LogP contribution in [0, 0.1) is 0 Å². The van der Waals surface area contributed by atoms with Gasteiger partial charge in [0, 0.05) is 12.0 Å². The van der Waals surface area contributed by atoms with E-state index in [4.69, 9.17) is 8.83 Å². The van der Waals surface area contributed by atoms with E-state index in [-0.39, 0.29) is 17.7 Å². The Kier molecular flexibility index (Phi) is 5.64. The number of benzene rings is 1. The highest BCUT2D eigenvalue weighted by Gasteiger charge is 2.35. The molecule has 4 aromatic rings. The Balaban J connectivity index is 1.28. The second kappa shape index (κ2) is 8.88. The third kappa shape index (κ3) is 4.11. The van der Waals surface area contributed by atoms with Crippen LogP contribution in [0.2, 0.25) is 0 Å². The quantitative estimate of drug-likeness (QED) is 0.413. The zero-order valence-corrected chi connectivity index (χ0v) is 18.2. The van der Waals surface area contributed by atoms with Crippen molar-refractivity contribution < 1.29 is 13.6 Å². The van der Waals surface area contributed by atoms with Gasteiger partial charge < -0.3 is 8.83 Å². The molecule has 32 heavy (non-hydrogen) atoms. The van der Waals surface area contributed by atoms with Gasteiger partial charge in [-0.1, -0.05) is 43.0 Å². The number of hydrazone groups is 1. The van der Waals surface area contributed by atoms with Crippen LogP contribution in [0.1, 0.15) is 36.5 Å². The minimum atomic E-state index is -0.307. The molecule has 5 rings (SSSR count). The van der Waals surface area contributed by atoms with Crippen molar-refractivity contribution in [3.8, 4) is 11.4 Å². The van der Waals surface area contributed by atoms with Crippen LogP contribution in [0.5, 0.6) is 0 Å². The van der Waals surface area contributed by atoms with Crippen LogP contribution < -0.4 is 0 Å². The minimum Gasteiger partial charge on any atom is -0.467 e. The maximum atomic E-state index is 13.0. The summed E-state index contributed by atoms with van der Waals surface area (Å²) >= 11 is 1.27. The summed E-state index contributed by atoms with van der Waals surface area (Å²) in [6.07, 6.45) is 4.70. The first-order valence-corrected chi connectivity index (χ1v) is 11.3. The lowest BCUT2D eigenvalue weighted by Crippen LogP contribution is -2.28. The van der Waals surface area contributed by atoms with Crippen molar-refractivity contribution in [2.24, 2.45) is 5.10 Å². The minimum absolute atomic E-state index is 0.151. The van der Waals surface area contributed by atoms with E-state index < -0.39 is 0 Å². The van der Waals surface area contributed by atoms with Crippen molar-refractivity contribution in [3.05, 3.63) is 78.1 Å². The maximum absolute atomic E-state index is 13.0. The molecule has 0 bridgehead atoms. The number of thioether (sulfide) groups is 1. The Morgan fingerprint density at radius 3 is 2.69 bits per heavy atom. The number of rotatable bonds is 7. The first-order chi connectivity index (χ1) is 15.7. The summed E-state index contributed by atoms with van der Waals surface area (Å²) < 4.78 is 11.0. The number of nitrogens with zero attached hydrogens (tertiary/aromatic N) is 4. The zero-order chi connectivity index (χ0) is 21.9. The highest BCUT2D eigenvalue weighted by atomic mass is 32.2. The van der Waals surface area contributed by atoms with Crippen molar-refractivity contribution in [1.29, 1.82) is 0 Å². The average Bonchev–Trinajstić information content (AvgIpc) is 3.63. The van der Waals surface area contributed by atoms with Gasteiger partial charge in [-0.3, -0.25) is 9.89 Å². The van der Waals surface area contributed by atoms with Gasteiger partial charge in [0.2, 0.25) is 5.16 Å². The summed E-state index contributed by atoms with van der Waals surface area (Å²) in [6.45, 7) is 2.12. The molecule has 1 aromatic carbocycles. The number of furan rings is 2. The second-order valence-corrected chi connectivity index (χ2v) is 8.25. The highest BCUT2D eigenvalue weighted by Crippen LogP contribution is 2.34. The molecule has 1 amide bonds. The predicted molar refractivity (Wildman–Crippen MR) is 120 cm³/mol. The second-order valence-electron chi connectivity index (χ2n) is 7.30. The van der Waals surface area contributed by atoms with Gasteiger partial charge in [0.05, 0.1) is 18.3 Å². The molecule has 0 spiro atoms. The molecule has 0 aliphatic carbocycles. The van der Waals surface area contributed by atoms with Crippen LogP contribution in [0.3, 0.4) is 0 Å². The Hall–Kier alpha value is -3.59. The molecule has 4 heterocycles. The number of aryl methyl sites for hydroxylation is 1. The third-order valence-electron chi connectivity index (χ3n) is 5.27. The van der Waals surface area contributed by atoms with Gasteiger partial charge in [0.15, 0.2) is 5.82 Å². The Bertz CT molecular complexity index is 1210. The smallest absolute Gasteiger partial charge is 0.253 e. The Morgan fingerprint density at radius 1 is 1.16 bits per heavy atom. The van der Waals surface area contributed by atoms with Crippen LogP contribution >= 0.6 is 11.8 Å². The van der Waals surface area contributed by atoms with Crippen LogP contribution in [0.4, 0.5) is 0 Å². The van der Waals surface area contributed by atoms with E-state index in [1.807, 2.05) is 24.3 Å². The molecule has 0 radical (unpaired) electrons. The fourth-order valence-electron chi connectivity index (χ4n) is 3.57. The number of carbonyl (C=O) groups excluding carboxylic acids is 1. The van der Waals surface area contributed by atoms with E-state index in [2.05, 4.69) is 39.3 Å². The molecular formula is C23H21N5O3S. The lowest BCUT2D eigenvalue weighted by molar-refractivity contribution is -0.130. The molecule has 0 saturated carbocycles. The number of H-pyrrole nitrogens is 1. The average molecular weight is 448 g/mol. The van der Waals surface area contributed by atoms with E-state index in [1.165, 1.54) is 22.3 Å². The predicted octanol–water partition coefficient (Wildman–Crippen LogP) is 4.69. The van der Waals surface area contributed by atoms with E-state index in [0.29, 0.717) is 34.6 Å². The molecule has 0 fully saturated rings. The topological polar surface area (TPSA) is 101 Å². The van der Waals surface area contributed by atoms with Crippen LogP contribution in [-0.2, 0) is 11.2 Å². The van der Waals surface area contributed by atoms with E-state index >= 15 is 0 Å². The van der Waals surface area contributed by atoms with E-state index in [1.54, 1.807) is 24.7 Å². The van der Waals surface area contributed by atoms with Gasteiger partial charge >= 0.3 is 0 Å². The first kappa shape index (κ1) is 20.3. The number of nitrogens with one attached hydrogen (secondary N) is 1. The number of hydrogen-bond acceptors (Lipinski definition) is 7. The fraction of sp³-hybridized carbons (Fsp3) is 0.217. The molecule has 3 aromatic heterocycles. The van der Waals surface area contributed by atoms with Crippen LogP contribution in [0.15, 0.2) is 80.1 Å². The van der Waals surface area contributed by atoms with Crippen molar-refractivity contribution >= 4 is 23.4 Å². The van der Waals surface area contributed by atoms with Gasteiger partial charge in [0.1, 0.15) is 23.3 Å². The van der Waals surface area contributed by atoms with Crippen molar-refractivity contribution in [2.75, 3.05) is 5.75 Å². The number of aromatic amines is 1. The molecule has 1 N–H and O–H groups in total. The SMILES string of the molecule is CCc1ccc(-c2nc(SCC(=O)N3N=C(c4ccco4)CC3c3ccco3)n[nH]2)cc1. The normalized spacial score (nSPS) is 15.8. The van der Waals surface area contributed by atoms with Gasteiger partial charge in [-0.25, -0.2) is 9.99 Å². The lowest BCUT2D eigenvalue weighted by Gasteiger charge is -2.19. The first-order valence-electron chi connectivity index (χ1n) is 10.3. The van der Waals surface area contributed by atoms with Crippen molar-refractivity contribution in [1.82, 2.24) is 20.2 Å². The van der Waals surface area contributed by atoms with E-state index in [9.17, 15) is 4.79 Å². The summed E-state index contributed by atoms with van der Waals surface area (Å²) in [5.74, 6) is 2.01. The highest BCUT2D eigenvalue weighted by molar-refractivity contribution is 7.99. The molecule has 1 aliphatic heterocycles. The van der Waals surface area contributed by atoms with Crippen LogP contribution in [0.25, 0.3) is 11.4 Å². The Labute approximate surface area is 188 Å². The molecule has 8 nitrogen and oxygen atoms in total. The largest absolute Gasteiger partial charge is 0.467 e. The summed E-state index contributed by atoms with van der Waals surface area (Å²) in [5.41, 5.74) is 2.93. The Morgan fingerprint density at radius 2 is 1.97 bits per heavy atom. The van der Waals surface area contributed by atoms with Gasteiger partial charge in [-0.15, -0.1) is 5.10 Å². The van der Waals surface area contributed by atoms with E-state index in [0.717, 1.165) is 12.0 Å².